The first kappa shape index (κ1) is 19.0. The number of aromatic amines is 1. The van der Waals surface area contributed by atoms with E-state index in [1.807, 2.05) is 19.1 Å². The summed E-state index contributed by atoms with van der Waals surface area (Å²) in [7, 11) is 0. The Labute approximate surface area is 173 Å². The summed E-state index contributed by atoms with van der Waals surface area (Å²) in [6.07, 6.45) is 4.53. The highest BCUT2D eigenvalue weighted by Crippen LogP contribution is 2.34. The summed E-state index contributed by atoms with van der Waals surface area (Å²) in [6, 6.07) is 5.24. The van der Waals surface area contributed by atoms with E-state index in [2.05, 4.69) is 20.4 Å². The zero-order valence-electron chi connectivity index (χ0n) is 17.0. The number of aryl methyl sites for hydroxylation is 1. The number of aromatic nitrogens is 4. The second-order valence-electron chi connectivity index (χ2n) is 7.95. The molecule has 0 saturated carbocycles. The van der Waals surface area contributed by atoms with Crippen LogP contribution in [0.15, 0.2) is 27.0 Å². The van der Waals surface area contributed by atoms with Crippen molar-refractivity contribution in [3.63, 3.8) is 0 Å². The Morgan fingerprint density at radius 1 is 1.10 bits per heavy atom. The molecule has 9 heteroatoms. The van der Waals surface area contributed by atoms with Gasteiger partial charge in [-0.3, -0.25) is 9.89 Å². The first-order valence-corrected chi connectivity index (χ1v) is 10.5. The van der Waals surface area contributed by atoms with E-state index in [1.54, 1.807) is 11.0 Å². The maximum Gasteiger partial charge on any atom is 0.275 e. The fourth-order valence-electron chi connectivity index (χ4n) is 4.21. The van der Waals surface area contributed by atoms with Crippen molar-refractivity contribution >= 4 is 5.91 Å². The van der Waals surface area contributed by atoms with E-state index < -0.39 is 0 Å². The van der Waals surface area contributed by atoms with Crippen LogP contribution in [0.3, 0.4) is 0 Å². The minimum Gasteiger partial charge on any atom is -0.460 e. The van der Waals surface area contributed by atoms with Crippen molar-refractivity contribution in [1.29, 1.82) is 0 Å². The molecular formula is C21H25N5O4. The number of carbonyl (C=O) groups excluding carboxylic acids is 1. The molecule has 5 heterocycles. The molecule has 0 radical (unpaired) electrons. The molecule has 2 aliphatic heterocycles. The van der Waals surface area contributed by atoms with Gasteiger partial charge in [0.25, 0.3) is 5.91 Å². The zero-order chi connectivity index (χ0) is 20.5. The van der Waals surface area contributed by atoms with Gasteiger partial charge >= 0.3 is 0 Å². The molecule has 9 nitrogen and oxygen atoms in total. The number of ether oxygens (including phenoxy) is 1. The van der Waals surface area contributed by atoms with Crippen LogP contribution in [-0.2, 0) is 4.74 Å². The minimum absolute atomic E-state index is 0.142. The number of H-pyrrole nitrogens is 1. The van der Waals surface area contributed by atoms with Gasteiger partial charge in [-0.2, -0.15) is 5.10 Å². The number of piperidine rings is 1. The molecule has 1 unspecified atom stereocenters. The Hall–Kier alpha value is -2.94. The van der Waals surface area contributed by atoms with E-state index >= 15 is 0 Å². The fourth-order valence-corrected chi connectivity index (χ4v) is 4.21. The molecule has 3 aromatic rings. The van der Waals surface area contributed by atoms with E-state index in [-0.39, 0.29) is 17.9 Å². The third kappa shape index (κ3) is 3.65. The average Bonchev–Trinajstić information content (AvgIpc) is 3.54. The van der Waals surface area contributed by atoms with Crippen molar-refractivity contribution in [3.05, 3.63) is 41.4 Å². The quantitative estimate of drug-likeness (QED) is 0.698. The third-order valence-corrected chi connectivity index (χ3v) is 5.88. The van der Waals surface area contributed by atoms with Gasteiger partial charge in [0.05, 0.1) is 0 Å². The van der Waals surface area contributed by atoms with Gasteiger partial charge in [-0.15, -0.1) is 10.2 Å². The number of amides is 1. The van der Waals surface area contributed by atoms with Crippen LogP contribution in [0.25, 0.3) is 11.5 Å². The normalized spacial score (nSPS) is 20.6. The highest BCUT2D eigenvalue weighted by atomic mass is 16.5. The van der Waals surface area contributed by atoms with E-state index in [0.717, 1.165) is 37.9 Å². The molecule has 0 spiro atoms. The lowest BCUT2D eigenvalue weighted by Gasteiger charge is -2.33. The summed E-state index contributed by atoms with van der Waals surface area (Å²) in [5.74, 6) is 2.73. The van der Waals surface area contributed by atoms with Crippen molar-refractivity contribution in [2.24, 2.45) is 0 Å². The lowest BCUT2D eigenvalue weighted by Crippen LogP contribution is -2.38. The number of nitrogens with zero attached hydrogens (tertiary/aromatic N) is 4. The number of hydrogen-bond donors (Lipinski definition) is 1. The van der Waals surface area contributed by atoms with Gasteiger partial charge in [0.15, 0.2) is 11.5 Å². The number of hydrogen-bond acceptors (Lipinski definition) is 7. The van der Waals surface area contributed by atoms with Gasteiger partial charge in [0, 0.05) is 31.7 Å². The molecule has 5 rings (SSSR count). The Kier molecular flexibility index (Phi) is 5.12. The maximum absolute atomic E-state index is 13.2. The van der Waals surface area contributed by atoms with Crippen LogP contribution >= 0.6 is 0 Å². The van der Waals surface area contributed by atoms with Crippen LogP contribution in [0.5, 0.6) is 0 Å². The molecule has 0 bridgehead atoms. The number of likely N-dealkylation sites (tertiary alicyclic amines) is 1. The zero-order valence-corrected chi connectivity index (χ0v) is 17.0. The molecule has 2 saturated heterocycles. The van der Waals surface area contributed by atoms with Crippen molar-refractivity contribution in [1.82, 2.24) is 25.3 Å². The Morgan fingerprint density at radius 2 is 1.93 bits per heavy atom. The summed E-state index contributed by atoms with van der Waals surface area (Å²) in [5.41, 5.74) is 1.04. The van der Waals surface area contributed by atoms with Crippen LogP contribution < -0.4 is 0 Å². The average molecular weight is 411 g/mol. The monoisotopic (exact) mass is 411 g/mol. The predicted molar refractivity (Wildman–Crippen MR) is 106 cm³/mol. The van der Waals surface area contributed by atoms with Gasteiger partial charge in [0.2, 0.25) is 11.8 Å². The lowest BCUT2D eigenvalue weighted by molar-refractivity contribution is 0.0555. The lowest BCUT2D eigenvalue weighted by atomic mass is 10.0. The predicted octanol–water partition coefficient (Wildman–Crippen LogP) is 3.62. The Bertz CT molecular complexity index is 1020. The van der Waals surface area contributed by atoms with Crippen LogP contribution in [0, 0.1) is 6.92 Å². The summed E-state index contributed by atoms with van der Waals surface area (Å²) in [5, 5.41) is 15.7. The molecule has 1 N–H and O–H groups in total. The van der Waals surface area contributed by atoms with Crippen LogP contribution in [0.1, 0.15) is 72.1 Å². The first-order chi connectivity index (χ1) is 14.7. The van der Waals surface area contributed by atoms with Gasteiger partial charge in [-0.1, -0.05) is 0 Å². The van der Waals surface area contributed by atoms with E-state index in [1.165, 1.54) is 0 Å². The number of furan rings is 1. The van der Waals surface area contributed by atoms with Gasteiger partial charge < -0.3 is 18.5 Å². The topological polar surface area (TPSA) is 110 Å². The Morgan fingerprint density at radius 3 is 2.73 bits per heavy atom. The second-order valence-corrected chi connectivity index (χ2v) is 7.95. The van der Waals surface area contributed by atoms with E-state index in [9.17, 15) is 4.79 Å². The molecule has 30 heavy (non-hydrogen) atoms. The van der Waals surface area contributed by atoms with Gasteiger partial charge in [0.1, 0.15) is 17.5 Å². The SMILES string of the molecule is Cc1ccc(-c2cc(C(=O)N3CCCCC3c3nnc(C4CCOCC4)o3)n[nH]2)o1. The summed E-state index contributed by atoms with van der Waals surface area (Å²) in [4.78, 5) is 15.1. The van der Waals surface area contributed by atoms with Crippen molar-refractivity contribution in [2.45, 2.75) is 51.0 Å². The molecule has 1 amide bonds. The summed E-state index contributed by atoms with van der Waals surface area (Å²) < 4.78 is 17.1. The summed E-state index contributed by atoms with van der Waals surface area (Å²) >= 11 is 0. The van der Waals surface area contributed by atoms with Gasteiger partial charge in [-0.25, -0.2) is 0 Å². The molecule has 0 aliphatic carbocycles. The standard InChI is InChI=1S/C21H25N5O4/c1-13-5-6-18(29-13)15-12-16(23-22-15)21(27)26-9-3-2-4-17(26)20-25-24-19(30-20)14-7-10-28-11-8-14/h5-6,12,14,17H,2-4,7-11H2,1H3,(H,22,23). The van der Waals surface area contributed by atoms with Crippen molar-refractivity contribution < 1.29 is 18.4 Å². The molecular weight excluding hydrogens is 386 g/mol. The number of rotatable bonds is 4. The van der Waals surface area contributed by atoms with E-state index in [0.29, 0.717) is 48.7 Å². The van der Waals surface area contributed by atoms with Crippen LogP contribution in [-0.4, -0.2) is 51.0 Å². The highest BCUT2D eigenvalue weighted by Gasteiger charge is 2.34. The first-order valence-electron chi connectivity index (χ1n) is 10.5. The minimum atomic E-state index is -0.224. The second kappa shape index (κ2) is 8.06. The van der Waals surface area contributed by atoms with Crippen LogP contribution in [0.2, 0.25) is 0 Å². The fraction of sp³-hybridized carbons (Fsp3) is 0.524. The highest BCUT2D eigenvalue weighted by molar-refractivity contribution is 5.93. The molecule has 3 aromatic heterocycles. The number of nitrogens with one attached hydrogen (secondary N) is 1. The molecule has 2 aliphatic rings. The molecule has 0 aromatic carbocycles. The maximum atomic E-state index is 13.2. The molecule has 1 atom stereocenters. The largest absolute Gasteiger partial charge is 0.460 e. The smallest absolute Gasteiger partial charge is 0.275 e. The third-order valence-electron chi connectivity index (χ3n) is 5.88. The van der Waals surface area contributed by atoms with Crippen molar-refractivity contribution in [2.75, 3.05) is 19.8 Å². The van der Waals surface area contributed by atoms with Crippen LogP contribution in [0.4, 0.5) is 0 Å². The Balaban J connectivity index is 1.36. The number of carbonyl (C=O) groups is 1. The molecule has 2 fully saturated rings. The van der Waals surface area contributed by atoms with Crippen molar-refractivity contribution in [3.8, 4) is 11.5 Å². The van der Waals surface area contributed by atoms with Gasteiger partial charge in [-0.05, 0) is 51.2 Å². The molecule has 158 valence electrons. The summed E-state index contributed by atoms with van der Waals surface area (Å²) in [6.45, 7) is 3.95. The van der Waals surface area contributed by atoms with E-state index in [4.69, 9.17) is 13.6 Å².